The van der Waals surface area contributed by atoms with Crippen molar-refractivity contribution in [3.05, 3.63) is 112 Å². The molecule has 0 aliphatic carbocycles. The standard InChI is InChI=1S/C28H22BrFN2OS/c1-18-6-12-25-27(14-18)34-28(32-25)19-7-10-23(11-8-19)31-16-21-15-22(29)9-13-26(21)33-17-20-4-2-3-5-24(20)30/h2-15,31H,16-17H2,1H3. The zero-order chi connectivity index (χ0) is 23.5. The average molecular weight is 533 g/mol. The number of nitrogens with one attached hydrogen (secondary N) is 1. The van der Waals surface area contributed by atoms with Crippen molar-refractivity contribution in [2.45, 2.75) is 20.1 Å². The molecule has 0 radical (unpaired) electrons. The molecule has 0 fully saturated rings. The monoisotopic (exact) mass is 532 g/mol. The third kappa shape index (κ3) is 5.13. The van der Waals surface area contributed by atoms with Gasteiger partial charge in [0.25, 0.3) is 0 Å². The lowest BCUT2D eigenvalue weighted by molar-refractivity contribution is 0.297. The van der Waals surface area contributed by atoms with Crippen LogP contribution in [0.1, 0.15) is 16.7 Å². The van der Waals surface area contributed by atoms with Crippen LogP contribution < -0.4 is 10.1 Å². The Morgan fingerprint density at radius 3 is 2.59 bits per heavy atom. The number of nitrogens with zero attached hydrogens (tertiary/aromatic N) is 1. The minimum Gasteiger partial charge on any atom is -0.488 e. The Bertz CT molecular complexity index is 1450. The molecule has 5 rings (SSSR count). The van der Waals surface area contributed by atoms with Crippen LogP contribution in [-0.2, 0) is 13.2 Å². The maximum absolute atomic E-state index is 14.0. The molecule has 0 aliphatic rings. The Morgan fingerprint density at radius 1 is 0.941 bits per heavy atom. The smallest absolute Gasteiger partial charge is 0.129 e. The van der Waals surface area contributed by atoms with Crippen molar-refractivity contribution < 1.29 is 9.13 Å². The van der Waals surface area contributed by atoms with E-state index in [4.69, 9.17) is 9.72 Å². The Morgan fingerprint density at radius 2 is 1.76 bits per heavy atom. The van der Waals surface area contributed by atoms with E-state index in [9.17, 15) is 4.39 Å². The number of thiazole rings is 1. The van der Waals surface area contributed by atoms with Gasteiger partial charge in [-0.1, -0.05) is 40.2 Å². The van der Waals surface area contributed by atoms with E-state index < -0.39 is 0 Å². The van der Waals surface area contributed by atoms with Crippen molar-refractivity contribution in [2.24, 2.45) is 0 Å². The summed E-state index contributed by atoms with van der Waals surface area (Å²) in [7, 11) is 0. The molecule has 0 spiro atoms. The summed E-state index contributed by atoms with van der Waals surface area (Å²) in [6.07, 6.45) is 0. The molecule has 0 unspecified atom stereocenters. The molecular weight excluding hydrogens is 511 g/mol. The first kappa shape index (κ1) is 22.6. The maximum Gasteiger partial charge on any atom is 0.129 e. The summed E-state index contributed by atoms with van der Waals surface area (Å²) in [6.45, 7) is 2.85. The number of hydrogen-bond acceptors (Lipinski definition) is 4. The maximum atomic E-state index is 14.0. The topological polar surface area (TPSA) is 34.2 Å². The van der Waals surface area contributed by atoms with Gasteiger partial charge in [-0.15, -0.1) is 11.3 Å². The average Bonchev–Trinajstić information content (AvgIpc) is 3.26. The van der Waals surface area contributed by atoms with Gasteiger partial charge in [0.2, 0.25) is 0 Å². The number of anilines is 1. The van der Waals surface area contributed by atoms with Gasteiger partial charge in [0, 0.05) is 33.4 Å². The molecule has 6 heteroatoms. The summed E-state index contributed by atoms with van der Waals surface area (Å²) in [4.78, 5) is 4.77. The number of rotatable bonds is 7. The van der Waals surface area contributed by atoms with Crippen LogP contribution in [-0.4, -0.2) is 4.98 Å². The highest BCUT2D eigenvalue weighted by Gasteiger charge is 2.09. The summed E-state index contributed by atoms with van der Waals surface area (Å²) < 4.78 is 22.1. The molecule has 0 aliphatic heterocycles. The fourth-order valence-corrected chi connectivity index (χ4v) is 5.16. The first-order chi connectivity index (χ1) is 16.5. The third-order valence-electron chi connectivity index (χ3n) is 5.52. The van der Waals surface area contributed by atoms with E-state index in [1.807, 2.05) is 24.3 Å². The fourth-order valence-electron chi connectivity index (χ4n) is 3.68. The predicted octanol–water partition coefficient (Wildman–Crippen LogP) is 8.36. The second kappa shape index (κ2) is 9.95. The zero-order valence-corrected chi connectivity index (χ0v) is 20.9. The minimum absolute atomic E-state index is 0.178. The minimum atomic E-state index is -0.261. The quantitative estimate of drug-likeness (QED) is 0.228. The predicted molar refractivity (Wildman–Crippen MR) is 142 cm³/mol. The Kier molecular flexibility index (Phi) is 6.61. The van der Waals surface area contributed by atoms with Crippen molar-refractivity contribution in [2.75, 3.05) is 5.32 Å². The van der Waals surface area contributed by atoms with Gasteiger partial charge in [-0.3, -0.25) is 0 Å². The van der Waals surface area contributed by atoms with E-state index in [0.29, 0.717) is 12.1 Å². The van der Waals surface area contributed by atoms with Gasteiger partial charge in [0.1, 0.15) is 23.2 Å². The first-order valence-electron chi connectivity index (χ1n) is 10.9. The molecule has 3 nitrogen and oxygen atoms in total. The van der Waals surface area contributed by atoms with Crippen LogP contribution >= 0.6 is 27.3 Å². The van der Waals surface area contributed by atoms with E-state index in [2.05, 4.69) is 70.6 Å². The van der Waals surface area contributed by atoms with E-state index in [1.165, 1.54) is 16.3 Å². The Balaban J connectivity index is 1.28. The van der Waals surface area contributed by atoms with Crippen LogP contribution in [0, 0.1) is 12.7 Å². The van der Waals surface area contributed by atoms with Crippen LogP contribution in [0.2, 0.25) is 0 Å². The lowest BCUT2D eigenvalue weighted by Gasteiger charge is -2.14. The summed E-state index contributed by atoms with van der Waals surface area (Å²) in [5, 5.41) is 4.48. The van der Waals surface area contributed by atoms with E-state index in [1.54, 1.807) is 23.5 Å². The van der Waals surface area contributed by atoms with Gasteiger partial charge in [-0.05, 0) is 73.2 Å². The molecule has 1 heterocycles. The van der Waals surface area contributed by atoms with Gasteiger partial charge < -0.3 is 10.1 Å². The normalized spacial score (nSPS) is 11.0. The van der Waals surface area contributed by atoms with Crippen molar-refractivity contribution in [1.29, 1.82) is 0 Å². The fraction of sp³-hybridized carbons (Fsp3) is 0.107. The number of ether oxygens (including phenoxy) is 1. The number of aryl methyl sites for hydroxylation is 1. The molecule has 34 heavy (non-hydrogen) atoms. The van der Waals surface area contributed by atoms with Gasteiger partial charge in [-0.2, -0.15) is 0 Å². The highest BCUT2D eigenvalue weighted by molar-refractivity contribution is 9.10. The number of aromatic nitrogens is 1. The van der Waals surface area contributed by atoms with Gasteiger partial charge in [-0.25, -0.2) is 9.37 Å². The summed E-state index contributed by atoms with van der Waals surface area (Å²) >= 11 is 5.24. The second-order valence-electron chi connectivity index (χ2n) is 8.05. The number of fused-ring (bicyclic) bond motifs is 1. The van der Waals surface area contributed by atoms with E-state index in [0.717, 1.165) is 37.6 Å². The second-order valence-corrected chi connectivity index (χ2v) is 10.00. The van der Waals surface area contributed by atoms with E-state index in [-0.39, 0.29) is 12.4 Å². The molecule has 170 valence electrons. The van der Waals surface area contributed by atoms with Crippen LogP contribution in [0.4, 0.5) is 10.1 Å². The zero-order valence-electron chi connectivity index (χ0n) is 18.5. The number of hydrogen-bond donors (Lipinski definition) is 1. The van der Waals surface area contributed by atoms with Crippen LogP contribution in [0.3, 0.4) is 0 Å². The van der Waals surface area contributed by atoms with Crippen LogP contribution in [0.5, 0.6) is 5.75 Å². The van der Waals surface area contributed by atoms with Crippen LogP contribution in [0.15, 0.2) is 89.4 Å². The molecule has 0 saturated heterocycles. The molecule has 0 amide bonds. The molecule has 0 atom stereocenters. The van der Waals surface area contributed by atoms with E-state index >= 15 is 0 Å². The van der Waals surface area contributed by atoms with Crippen LogP contribution in [0.25, 0.3) is 20.8 Å². The van der Waals surface area contributed by atoms with Gasteiger partial charge in [0.05, 0.1) is 10.2 Å². The van der Waals surface area contributed by atoms with Gasteiger partial charge in [0.15, 0.2) is 0 Å². The summed E-state index contributed by atoms with van der Waals surface area (Å²) in [5.74, 6) is 0.461. The highest BCUT2D eigenvalue weighted by atomic mass is 79.9. The summed E-state index contributed by atoms with van der Waals surface area (Å²) in [5.41, 5.74) is 5.89. The summed E-state index contributed by atoms with van der Waals surface area (Å²) in [6, 6.07) is 27.1. The molecule has 1 N–H and O–H groups in total. The molecule has 0 saturated carbocycles. The first-order valence-corrected chi connectivity index (χ1v) is 12.5. The number of benzene rings is 4. The molecule has 1 aromatic heterocycles. The molecule has 4 aromatic carbocycles. The molecular formula is C28H22BrFN2OS. The molecule has 0 bridgehead atoms. The van der Waals surface area contributed by atoms with Crippen molar-refractivity contribution in [1.82, 2.24) is 4.98 Å². The third-order valence-corrected chi connectivity index (χ3v) is 7.08. The van der Waals surface area contributed by atoms with Crippen molar-refractivity contribution in [3.63, 3.8) is 0 Å². The van der Waals surface area contributed by atoms with Gasteiger partial charge >= 0.3 is 0 Å². The SMILES string of the molecule is Cc1ccc2nc(-c3ccc(NCc4cc(Br)ccc4OCc4ccccc4F)cc3)sc2c1. The number of halogens is 2. The largest absolute Gasteiger partial charge is 0.488 e. The molecule has 5 aromatic rings. The van der Waals surface area contributed by atoms with Crippen molar-refractivity contribution in [3.8, 4) is 16.3 Å². The highest BCUT2D eigenvalue weighted by Crippen LogP contribution is 2.32. The Hall–Kier alpha value is -3.22. The Labute approximate surface area is 210 Å². The van der Waals surface area contributed by atoms with Crippen molar-refractivity contribution >= 4 is 43.2 Å². The lowest BCUT2D eigenvalue weighted by Crippen LogP contribution is -2.04. The lowest BCUT2D eigenvalue weighted by atomic mass is 10.1.